The van der Waals surface area contributed by atoms with Gasteiger partial charge in [-0.25, -0.2) is 0 Å². The number of nitrogens with zero attached hydrogens (tertiary/aromatic N) is 1. The lowest BCUT2D eigenvalue weighted by Gasteiger charge is -2.22. The molecule has 3 N–H and O–H groups in total. The first-order valence-corrected chi connectivity index (χ1v) is 6.80. The molecule has 0 radical (unpaired) electrons. The van der Waals surface area contributed by atoms with Crippen LogP contribution in [-0.4, -0.2) is 30.0 Å². The van der Waals surface area contributed by atoms with Gasteiger partial charge in [0.2, 0.25) is 5.91 Å². The Bertz CT molecular complexity index is 515. The average molecular weight is 277 g/mol. The predicted molar refractivity (Wildman–Crippen MR) is 81.5 cm³/mol. The molecule has 1 aliphatic rings. The van der Waals surface area contributed by atoms with E-state index in [-0.39, 0.29) is 11.9 Å². The lowest BCUT2D eigenvalue weighted by atomic mass is 10.1. The van der Waals surface area contributed by atoms with Crippen molar-refractivity contribution in [1.82, 2.24) is 5.32 Å². The number of carbonyl (C=O) groups is 1. The van der Waals surface area contributed by atoms with E-state index in [4.69, 9.17) is 18.0 Å². The number of hydrogen-bond donors (Lipinski definition) is 2. The molecular formula is C14H19N3OS. The Balaban J connectivity index is 2.21. The van der Waals surface area contributed by atoms with Gasteiger partial charge in [-0.2, -0.15) is 0 Å². The van der Waals surface area contributed by atoms with Gasteiger partial charge in [0, 0.05) is 37.3 Å². The molecule has 1 fully saturated rings. The standard InChI is InChI=1S/C14H19N3OS/c1-9-3-4-12(14(15)19)13(7-9)17-6-5-11(8-17)16-10(2)18/h3-4,7,11H,5-6,8H2,1-2H3,(H2,15,19)(H,16,18). The van der Waals surface area contributed by atoms with Crippen molar-refractivity contribution >= 4 is 28.8 Å². The third-order valence-electron chi connectivity index (χ3n) is 3.36. The highest BCUT2D eigenvalue weighted by Crippen LogP contribution is 2.26. The van der Waals surface area contributed by atoms with Crippen LogP contribution in [0.5, 0.6) is 0 Å². The van der Waals surface area contributed by atoms with Gasteiger partial charge in [-0.1, -0.05) is 18.3 Å². The first kappa shape index (κ1) is 13.8. The zero-order chi connectivity index (χ0) is 14.0. The molecule has 1 heterocycles. The van der Waals surface area contributed by atoms with E-state index in [1.165, 1.54) is 5.56 Å². The van der Waals surface area contributed by atoms with E-state index >= 15 is 0 Å². The van der Waals surface area contributed by atoms with E-state index in [1.807, 2.05) is 19.1 Å². The van der Waals surface area contributed by atoms with Gasteiger partial charge < -0.3 is 16.0 Å². The van der Waals surface area contributed by atoms with Gasteiger partial charge in [0.1, 0.15) is 4.99 Å². The van der Waals surface area contributed by atoms with Crippen LogP contribution in [-0.2, 0) is 4.79 Å². The number of benzene rings is 1. The maximum Gasteiger partial charge on any atom is 0.217 e. The van der Waals surface area contributed by atoms with Crippen molar-refractivity contribution in [3.63, 3.8) is 0 Å². The second-order valence-corrected chi connectivity index (χ2v) is 5.46. The zero-order valence-corrected chi connectivity index (χ0v) is 12.1. The fraction of sp³-hybridized carbons (Fsp3) is 0.429. The second-order valence-electron chi connectivity index (χ2n) is 5.02. The number of anilines is 1. The molecule has 1 atom stereocenters. The summed E-state index contributed by atoms with van der Waals surface area (Å²) in [4.78, 5) is 13.8. The first-order valence-electron chi connectivity index (χ1n) is 6.40. The average Bonchev–Trinajstić information content (AvgIpc) is 2.75. The molecular weight excluding hydrogens is 258 g/mol. The minimum absolute atomic E-state index is 0.0191. The summed E-state index contributed by atoms with van der Waals surface area (Å²) in [5.41, 5.74) is 8.94. The Kier molecular flexibility index (Phi) is 4.04. The number of nitrogens with one attached hydrogen (secondary N) is 1. The third-order valence-corrected chi connectivity index (χ3v) is 3.57. The van der Waals surface area contributed by atoms with Crippen LogP contribution >= 0.6 is 12.2 Å². The Hall–Kier alpha value is -1.62. The van der Waals surface area contributed by atoms with Gasteiger partial charge in [0.25, 0.3) is 0 Å². The molecule has 2 rings (SSSR count). The summed E-state index contributed by atoms with van der Waals surface area (Å²) in [6, 6.07) is 6.29. The van der Waals surface area contributed by atoms with Gasteiger partial charge >= 0.3 is 0 Å². The number of thiocarbonyl (C=S) groups is 1. The Labute approximate surface area is 119 Å². The van der Waals surface area contributed by atoms with E-state index in [0.29, 0.717) is 4.99 Å². The summed E-state index contributed by atoms with van der Waals surface area (Å²) in [5, 5.41) is 2.96. The second kappa shape index (κ2) is 5.57. The van der Waals surface area contributed by atoms with Crippen LogP contribution < -0.4 is 16.0 Å². The van der Waals surface area contributed by atoms with Crippen LogP contribution in [0, 0.1) is 6.92 Å². The quantitative estimate of drug-likeness (QED) is 0.819. The normalized spacial score (nSPS) is 18.4. The van der Waals surface area contributed by atoms with Crippen LogP contribution in [0.2, 0.25) is 0 Å². The molecule has 1 unspecified atom stereocenters. The number of rotatable bonds is 3. The van der Waals surface area contributed by atoms with E-state index in [1.54, 1.807) is 6.92 Å². The Morgan fingerprint density at radius 1 is 1.53 bits per heavy atom. The minimum Gasteiger partial charge on any atom is -0.389 e. The fourth-order valence-corrected chi connectivity index (χ4v) is 2.67. The molecule has 1 amide bonds. The van der Waals surface area contributed by atoms with Crippen molar-refractivity contribution in [1.29, 1.82) is 0 Å². The molecule has 0 aliphatic carbocycles. The Morgan fingerprint density at radius 3 is 2.89 bits per heavy atom. The molecule has 0 spiro atoms. The highest BCUT2D eigenvalue weighted by atomic mass is 32.1. The summed E-state index contributed by atoms with van der Waals surface area (Å²) in [6.07, 6.45) is 0.949. The molecule has 0 saturated carbocycles. The molecule has 1 aromatic carbocycles. The molecule has 5 heteroatoms. The van der Waals surface area contributed by atoms with Crippen LogP contribution in [0.1, 0.15) is 24.5 Å². The topological polar surface area (TPSA) is 58.4 Å². The monoisotopic (exact) mass is 277 g/mol. The predicted octanol–water partition coefficient (Wildman–Crippen LogP) is 1.34. The molecule has 1 aromatic rings. The highest BCUT2D eigenvalue weighted by molar-refractivity contribution is 7.80. The van der Waals surface area contributed by atoms with E-state index in [2.05, 4.69) is 16.3 Å². The van der Waals surface area contributed by atoms with Gasteiger partial charge in [-0.05, 0) is 31.0 Å². The van der Waals surface area contributed by atoms with Gasteiger partial charge in [-0.15, -0.1) is 0 Å². The fourth-order valence-electron chi connectivity index (χ4n) is 2.50. The summed E-state index contributed by atoms with van der Waals surface area (Å²) >= 11 is 5.11. The van der Waals surface area contributed by atoms with Crippen molar-refractivity contribution in [2.45, 2.75) is 26.3 Å². The number of hydrogen-bond acceptors (Lipinski definition) is 3. The molecule has 0 bridgehead atoms. The number of nitrogens with two attached hydrogens (primary N) is 1. The summed E-state index contributed by atoms with van der Waals surface area (Å²) in [6.45, 7) is 5.31. The largest absolute Gasteiger partial charge is 0.389 e. The van der Waals surface area contributed by atoms with Crippen molar-refractivity contribution in [2.75, 3.05) is 18.0 Å². The zero-order valence-electron chi connectivity index (χ0n) is 11.3. The SMILES string of the molecule is CC(=O)NC1CCN(c2cc(C)ccc2C(N)=S)C1. The molecule has 1 saturated heterocycles. The summed E-state index contributed by atoms with van der Waals surface area (Å²) in [5.74, 6) is 0.0191. The number of aryl methyl sites for hydroxylation is 1. The van der Waals surface area contributed by atoms with Gasteiger partial charge in [0.15, 0.2) is 0 Å². The highest BCUT2D eigenvalue weighted by Gasteiger charge is 2.25. The molecule has 102 valence electrons. The van der Waals surface area contributed by atoms with Gasteiger partial charge in [0.05, 0.1) is 0 Å². The number of amides is 1. The van der Waals surface area contributed by atoms with Crippen LogP contribution in [0.25, 0.3) is 0 Å². The number of carbonyl (C=O) groups excluding carboxylic acids is 1. The van der Waals surface area contributed by atoms with Crippen molar-refractivity contribution in [3.8, 4) is 0 Å². The third kappa shape index (κ3) is 3.23. The molecule has 4 nitrogen and oxygen atoms in total. The van der Waals surface area contributed by atoms with E-state index in [9.17, 15) is 4.79 Å². The van der Waals surface area contributed by atoms with E-state index in [0.717, 1.165) is 30.8 Å². The Morgan fingerprint density at radius 2 is 2.26 bits per heavy atom. The minimum atomic E-state index is 0.0191. The lowest BCUT2D eigenvalue weighted by molar-refractivity contribution is -0.119. The van der Waals surface area contributed by atoms with Crippen molar-refractivity contribution < 1.29 is 4.79 Å². The van der Waals surface area contributed by atoms with Crippen LogP contribution in [0.3, 0.4) is 0 Å². The maximum atomic E-state index is 11.1. The van der Waals surface area contributed by atoms with Crippen molar-refractivity contribution in [3.05, 3.63) is 29.3 Å². The summed E-state index contributed by atoms with van der Waals surface area (Å²) < 4.78 is 0. The van der Waals surface area contributed by atoms with Crippen LogP contribution in [0.4, 0.5) is 5.69 Å². The molecule has 0 aromatic heterocycles. The summed E-state index contributed by atoms with van der Waals surface area (Å²) in [7, 11) is 0. The smallest absolute Gasteiger partial charge is 0.217 e. The van der Waals surface area contributed by atoms with Crippen molar-refractivity contribution in [2.24, 2.45) is 5.73 Å². The van der Waals surface area contributed by atoms with E-state index < -0.39 is 0 Å². The maximum absolute atomic E-state index is 11.1. The lowest BCUT2D eigenvalue weighted by Crippen LogP contribution is -2.35. The molecule has 19 heavy (non-hydrogen) atoms. The van der Waals surface area contributed by atoms with Crippen LogP contribution in [0.15, 0.2) is 18.2 Å². The first-order chi connectivity index (χ1) is 8.97. The van der Waals surface area contributed by atoms with Gasteiger partial charge in [-0.3, -0.25) is 4.79 Å². The molecule has 1 aliphatic heterocycles.